The highest BCUT2D eigenvalue weighted by Gasteiger charge is 2.32. The standard InChI is InChI=1S/C29H30ClN8O2/c30-22-3-4-25-26(17-22)38(24-2-1-10-32-18-24)29(40)37(25)23-8-14-36(15-9-23)28(39)21-6-12-35(13-7-21)19-20-5-11-33-27(16-20)34-31/h1-5,10-11,16-18,21,23H,6-9,12-15,19H2/q-1. The predicted octanol–water partition coefficient (Wildman–Crippen LogP) is 4.96. The molecule has 11 heteroatoms. The number of halogens is 1. The van der Waals surface area contributed by atoms with Crippen LogP contribution in [-0.2, 0) is 11.3 Å². The van der Waals surface area contributed by atoms with Crippen LogP contribution in [0.15, 0.2) is 71.0 Å². The molecule has 2 aliphatic rings. The van der Waals surface area contributed by atoms with Gasteiger partial charge in [0.1, 0.15) is 5.82 Å². The number of carbonyl (C=O) groups excluding carboxylic acids is 1. The van der Waals surface area contributed by atoms with Crippen molar-refractivity contribution in [1.29, 1.82) is 0 Å². The molecule has 40 heavy (non-hydrogen) atoms. The zero-order chi connectivity index (χ0) is 27.6. The number of aromatic nitrogens is 4. The number of benzene rings is 1. The van der Waals surface area contributed by atoms with Gasteiger partial charge in [-0.25, -0.2) is 9.78 Å². The van der Waals surface area contributed by atoms with Crippen molar-refractivity contribution in [1.82, 2.24) is 28.9 Å². The zero-order valence-electron chi connectivity index (χ0n) is 22.1. The van der Waals surface area contributed by atoms with Gasteiger partial charge in [0.05, 0.1) is 22.9 Å². The highest BCUT2D eigenvalue weighted by Crippen LogP contribution is 2.30. The Morgan fingerprint density at radius 3 is 2.52 bits per heavy atom. The molecule has 2 aliphatic heterocycles. The molecule has 2 saturated heterocycles. The van der Waals surface area contributed by atoms with Gasteiger partial charge in [0.2, 0.25) is 5.91 Å². The predicted molar refractivity (Wildman–Crippen MR) is 153 cm³/mol. The molecule has 0 N–H and O–H groups in total. The van der Waals surface area contributed by atoms with Crippen molar-refractivity contribution in [3.8, 4) is 5.69 Å². The molecule has 1 amide bonds. The zero-order valence-corrected chi connectivity index (χ0v) is 22.8. The van der Waals surface area contributed by atoms with E-state index in [4.69, 9.17) is 17.1 Å². The average Bonchev–Trinajstić information content (AvgIpc) is 3.28. The Kier molecular flexibility index (Phi) is 7.44. The summed E-state index contributed by atoms with van der Waals surface area (Å²) >= 11 is 6.31. The average molecular weight is 558 g/mol. The Morgan fingerprint density at radius 1 is 1.00 bits per heavy atom. The molecule has 0 atom stereocenters. The second kappa shape index (κ2) is 11.3. The highest BCUT2D eigenvalue weighted by molar-refractivity contribution is 6.31. The topological polar surface area (TPSA) is 111 Å². The summed E-state index contributed by atoms with van der Waals surface area (Å²) in [6, 6.07) is 12.9. The van der Waals surface area contributed by atoms with E-state index in [1.165, 1.54) is 0 Å². The second-order valence-electron chi connectivity index (χ2n) is 10.6. The Hall–Kier alpha value is -3.89. The van der Waals surface area contributed by atoms with E-state index in [0.717, 1.165) is 61.9 Å². The smallest absolute Gasteiger partial charge is 0.334 e. The molecule has 5 heterocycles. The van der Waals surface area contributed by atoms with Crippen LogP contribution < -0.4 is 5.69 Å². The van der Waals surface area contributed by atoms with E-state index in [9.17, 15) is 9.59 Å². The van der Waals surface area contributed by atoms with Crippen LogP contribution in [0.5, 0.6) is 0 Å². The number of hydrogen-bond donors (Lipinski definition) is 0. The molecular formula is C29H30ClN8O2-. The van der Waals surface area contributed by atoms with Gasteiger partial charge in [-0.05, 0) is 86.8 Å². The van der Waals surface area contributed by atoms with Gasteiger partial charge in [-0.1, -0.05) is 11.6 Å². The van der Waals surface area contributed by atoms with Crippen molar-refractivity contribution in [3.05, 3.63) is 87.7 Å². The number of imidazole rings is 1. The molecular weight excluding hydrogens is 528 g/mol. The number of amides is 1. The summed E-state index contributed by atoms with van der Waals surface area (Å²) in [5.74, 6) is 0.546. The molecule has 0 radical (unpaired) electrons. The molecule has 0 saturated carbocycles. The lowest BCUT2D eigenvalue weighted by atomic mass is 9.93. The van der Waals surface area contributed by atoms with Crippen molar-refractivity contribution in [2.24, 2.45) is 11.0 Å². The molecule has 3 aromatic heterocycles. The van der Waals surface area contributed by atoms with Gasteiger partial charge in [0.25, 0.3) is 0 Å². The van der Waals surface area contributed by atoms with Gasteiger partial charge in [-0.2, -0.15) is 0 Å². The molecule has 0 spiro atoms. The van der Waals surface area contributed by atoms with Gasteiger partial charge in [0.15, 0.2) is 0 Å². The van der Waals surface area contributed by atoms with E-state index in [0.29, 0.717) is 29.6 Å². The molecule has 0 bridgehead atoms. The van der Waals surface area contributed by atoms with Crippen LogP contribution >= 0.6 is 11.6 Å². The number of piperidine rings is 2. The summed E-state index contributed by atoms with van der Waals surface area (Å²) in [5.41, 5.74) is 12.2. The molecule has 0 unspecified atom stereocenters. The summed E-state index contributed by atoms with van der Waals surface area (Å²) < 4.78 is 3.54. The maximum Gasteiger partial charge on any atom is 0.334 e. The number of fused-ring (bicyclic) bond motifs is 1. The summed E-state index contributed by atoms with van der Waals surface area (Å²) in [5, 5.41) is 3.74. The van der Waals surface area contributed by atoms with E-state index >= 15 is 0 Å². The Bertz CT molecular complexity index is 1580. The number of hydrogen-bond acceptors (Lipinski definition) is 6. The first-order valence-corrected chi connectivity index (χ1v) is 14.0. The third-order valence-corrected chi connectivity index (χ3v) is 8.37. The van der Waals surface area contributed by atoms with E-state index in [-0.39, 0.29) is 23.6 Å². The van der Waals surface area contributed by atoms with E-state index in [1.807, 2.05) is 45.9 Å². The fourth-order valence-corrected chi connectivity index (χ4v) is 6.26. The number of nitrogens with zero attached hydrogens (tertiary/aromatic N) is 8. The van der Waals surface area contributed by atoms with Gasteiger partial charge in [-0.3, -0.25) is 23.8 Å². The fraction of sp³-hybridized carbons (Fsp3) is 0.379. The van der Waals surface area contributed by atoms with E-state index < -0.39 is 0 Å². The monoisotopic (exact) mass is 557 g/mol. The molecule has 1 aromatic carbocycles. The Balaban J connectivity index is 1.11. The SMILES string of the molecule is [N-]=Nc1cc(CN2CCC(C(=O)N3CCC(n4c(=O)n(-c5cccnc5)c5cc(Cl)ccc54)CC3)CC2)ccn1. The largest absolute Gasteiger partial charge is 0.705 e. The maximum absolute atomic E-state index is 13.7. The van der Waals surface area contributed by atoms with Crippen LogP contribution in [0, 0.1) is 5.92 Å². The van der Waals surface area contributed by atoms with Crippen molar-refractivity contribution < 1.29 is 4.79 Å². The van der Waals surface area contributed by atoms with Crippen LogP contribution in [0.1, 0.15) is 37.3 Å². The van der Waals surface area contributed by atoms with Gasteiger partial charge < -0.3 is 15.5 Å². The first kappa shape index (κ1) is 26.3. The van der Waals surface area contributed by atoms with Gasteiger partial charge in [-0.15, -0.1) is 0 Å². The van der Waals surface area contributed by atoms with Crippen molar-refractivity contribution in [3.63, 3.8) is 0 Å². The minimum Gasteiger partial charge on any atom is -0.705 e. The van der Waals surface area contributed by atoms with Crippen LogP contribution in [0.2, 0.25) is 5.02 Å². The first-order chi connectivity index (χ1) is 19.5. The normalized spacial score (nSPS) is 17.4. The van der Waals surface area contributed by atoms with Crippen LogP contribution in [0.4, 0.5) is 5.82 Å². The van der Waals surface area contributed by atoms with Crippen molar-refractivity contribution >= 4 is 34.4 Å². The third kappa shape index (κ3) is 5.16. The molecule has 0 aliphatic carbocycles. The van der Waals surface area contributed by atoms with Crippen molar-refractivity contribution in [2.75, 3.05) is 26.2 Å². The summed E-state index contributed by atoms with van der Waals surface area (Å²) in [7, 11) is 0. The lowest BCUT2D eigenvalue weighted by Gasteiger charge is -2.37. The number of pyridine rings is 2. The fourth-order valence-electron chi connectivity index (χ4n) is 6.09. The second-order valence-corrected chi connectivity index (χ2v) is 11.0. The Morgan fingerprint density at radius 2 is 1.80 bits per heavy atom. The van der Waals surface area contributed by atoms with E-state index in [2.05, 4.69) is 20.0 Å². The number of carbonyl (C=O) groups is 1. The van der Waals surface area contributed by atoms with Crippen molar-refractivity contribution in [2.45, 2.75) is 38.3 Å². The molecule has 2 fully saturated rings. The lowest BCUT2D eigenvalue weighted by molar-refractivity contribution is -0.138. The lowest BCUT2D eigenvalue weighted by Crippen LogP contribution is -2.46. The quantitative estimate of drug-likeness (QED) is 0.311. The summed E-state index contributed by atoms with van der Waals surface area (Å²) in [6.45, 7) is 3.69. The number of rotatable bonds is 6. The molecule has 6 rings (SSSR count). The minimum atomic E-state index is -0.114. The van der Waals surface area contributed by atoms with Crippen LogP contribution in [-0.4, -0.2) is 61.0 Å². The highest BCUT2D eigenvalue weighted by atomic mass is 35.5. The summed E-state index contributed by atoms with van der Waals surface area (Å²) in [4.78, 5) is 39.6. The Labute approximate surface area is 236 Å². The molecule has 10 nitrogen and oxygen atoms in total. The number of likely N-dealkylation sites (tertiary alicyclic amines) is 2. The first-order valence-electron chi connectivity index (χ1n) is 13.7. The molecule has 4 aromatic rings. The maximum atomic E-state index is 13.7. The molecule has 206 valence electrons. The third-order valence-electron chi connectivity index (χ3n) is 8.14. The van der Waals surface area contributed by atoms with Gasteiger partial charge >= 0.3 is 5.69 Å². The summed E-state index contributed by atoms with van der Waals surface area (Å²) in [6.07, 6.45) is 8.09. The van der Waals surface area contributed by atoms with Crippen LogP contribution in [0.25, 0.3) is 22.3 Å². The van der Waals surface area contributed by atoms with E-state index in [1.54, 1.807) is 29.2 Å². The van der Waals surface area contributed by atoms with Gasteiger partial charge in [0, 0.05) is 49.0 Å². The minimum absolute atomic E-state index is 0.00379. The van der Waals surface area contributed by atoms with Crippen LogP contribution in [0.3, 0.4) is 0 Å².